The van der Waals surface area contributed by atoms with Gasteiger partial charge in [-0.05, 0) is 37.1 Å². The summed E-state index contributed by atoms with van der Waals surface area (Å²) in [6, 6.07) is 7.24. The van der Waals surface area contributed by atoms with Crippen LogP contribution in [-0.4, -0.2) is 25.7 Å². The van der Waals surface area contributed by atoms with Crippen LogP contribution < -0.4 is 10.1 Å². The average Bonchev–Trinajstić information content (AvgIpc) is 2.83. The quantitative estimate of drug-likeness (QED) is 0.846. The lowest BCUT2D eigenvalue weighted by atomic mass is 10.2. The number of hydrogen-bond acceptors (Lipinski definition) is 3. The molecule has 1 saturated heterocycles. The zero-order chi connectivity index (χ0) is 11.4. The van der Waals surface area contributed by atoms with Crippen molar-refractivity contribution in [2.45, 2.75) is 18.9 Å². The molecule has 0 aromatic heterocycles. The van der Waals surface area contributed by atoms with Crippen LogP contribution >= 0.6 is 0 Å². The first kappa shape index (κ1) is 11.0. The van der Waals surface area contributed by atoms with Gasteiger partial charge in [0, 0.05) is 12.3 Å². The van der Waals surface area contributed by atoms with Crippen molar-refractivity contribution in [2.75, 3.05) is 19.0 Å². The molecule has 0 aliphatic carbocycles. The van der Waals surface area contributed by atoms with Gasteiger partial charge in [0.05, 0.1) is 7.11 Å². The number of amides is 1. The third kappa shape index (κ3) is 2.52. The van der Waals surface area contributed by atoms with Crippen molar-refractivity contribution in [3.8, 4) is 5.75 Å². The summed E-state index contributed by atoms with van der Waals surface area (Å²) in [5, 5.41) is 2.82. The predicted molar refractivity (Wildman–Crippen MR) is 60.6 cm³/mol. The summed E-state index contributed by atoms with van der Waals surface area (Å²) in [7, 11) is 1.61. The van der Waals surface area contributed by atoms with Gasteiger partial charge in [-0.15, -0.1) is 0 Å². The summed E-state index contributed by atoms with van der Waals surface area (Å²) in [6.45, 7) is 0.681. The minimum absolute atomic E-state index is 0.0670. The van der Waals surface area contributed by atoms with Crippen LogP contribution in [0.2, 0.25) is 0 Å². The second-order valence-electron chi connectivity index (χ2n) is 3.72. The monoisotopic (exact) mass is 221 g/mol. The molecule has 4 nitrogen and oxygen atoms in total. The number of methoxy groups -OCH3 is 1. The molecule has 86 valence electrons. The Hall–Kier alpha value is -1.55. The highest BCUT2D eigenvalue weighted by Crippen LogP contribution is 2.17. The highest BCUT2D eigenvalue weighted by molar-refractivity contribution is 5.94. The topological polar surface area (TPSA) is 47.6 Å². The Labute approximate surface area is 94.6 Å². The van der Waals surface area contributed by atoms with E-state index < -0.39 is 0 Å². The van der Waals surface area contributed by atoms with Crippen molar-refractivity contribution in [2.24, 2.45) is 0 Å². The Balaban J connectivity index is 1.94. The molecule has 16 heavy (non-hydrogen) atoms. The van der Waals surface area contributed by atoms with Crippen LogP contribution in [0, 0.1) is 0 Å². The van der Waals surface area contributed by atoms with E-state index >= 15 is 0 Å². The van der Waals surface area contributed by atoms with Gasteiger partial charge in [-0.1, -0.05) is 0 Å². The number of anilines is 1. The molecule has 1 aromatic rings. The van der Waals surface area contributed by atoms with E-state index in [1.54, 1.807) is 7.11 Å². The molecule has 0 unspecified atom stereocenters. The van der Waals surface area contributed by atoms with E-state index in [0.29, 0.717) is 6.61 Å². The lowest BCUT2D eigenvalue weighted by molar-refractivity contribution is -0.124. The van der Waals surface area contributed by atoms with Crippen LogP contribution in [0.3, 0.4) is 0 Å². The number of hydrogen-bond donors (Lipinski definition) is 1. The van der Waals surface area contributed by atoms with Gasteiger partial charge in [-0.2, -0.15) is 0 Å². The van der Waals surface area contributed by atoms with Crippen LogP contribution in [0.4, 0.5) is 5.69 Å². The standard InChI is InChI=1S/C12H15NO3/c1-15-10-6-4-9(5-7-10)13-12(14)11-3-2-8-16-11/h4-7,11H,2-3,8H2,1H3,(H,13,14)/t11-/m1/s1. The highest BCUT2D eigenvalue weighted by atomic mass is 16.5. The molecule has 1 fully saturated rings. The maximum atomic E-state index is 11.7. The van der Waals surface area contributed by atoms with Gasteiger partial charge in [0.25, 0.3) is 5.91 Å². The summed E-state index contributed by atoms with van der Waals surface area (Å²) in [6.07, 6.45) is 1.48. The summed E-state index contributed by atoms with van der Waals surface area (Å²) in [5.74, 6) is 0.706. The fourth-order valence-corrected chi connectivity index (χ4v) is 1.68. The lowest BCUT2D eigenvalue weighted by Crippen LogP contribution is -2.26. The Morgan fingerprint density at radius 1 is 1.44 bits per heavy atom. The Kier molecular flexibility index (Phi) is 3.41. The zero-order valence-electron chi connectivity index (χ0n) is 9.23. The van der Waals surface area contributed by atoms with Gasteiger partial charge in [-0.25, -0.2) is 0 Å². The van der Waals surface area contributed by atoms with Crippen molar-refractivity contribution in [1.82, 2.24) is 0 Å². The van der Waals surface area contributed by atoms with Gasteiger partial charge in [-0.3, -0.25) is 4.79 Å². The summed E-state index contributed by atoms with van der Waals surface area (Å²) < 4.78 is 10.3. The van der Waals surface area contributed by atoms with E-state index in [1.807, 2.05) is 24.3 Å². The van der Waals surface area contributed by atoms with Crippen molar-refractivity contribution < 1.29 is 14.3 Å². The zero-order valence-corrected chi connectivity index (χ0v) is 9.23. The third-order valence-electron chi connectivity index (χ3n) is 2.58. The van der Waals surface area contributed by atoms with E-state index in [1.165, 1.54) is 0 Å². The molecule has 0 radical (unpaired) electrons. The molecule has 1 heterocycles. The van der Waals surface area contributed by atoms with Crippen molar-refractivity contribution in [3.63, 3.8) is 0 Å². The number of carbonyl (C=O) groups excluding carboxylic acids is 1. The van der Waals surface area contributed by atoms with Gasteiger partial charge in [0.15, 0.2) is 0 Å². The van der Waals surface area contributed by atoms with Crippen LogP contribution in [0.1, 0.15) is 12.8 Å². The molecule has 1 N–H and O–H groups in total. The highest BCUT2D eigenvalue weighted by Gasteiger charge is 2.23. The van der Waals surface area contributed by atoms with Crippen molar-refractivity contribution >= 4 is 11.6 Å². The largest absolute Gasteiger partial charge is 0.497 e. The minimum atomic E-state index is -0.290. The first-order valence-electron chi connectivity index (χ1n) is 5.36. The van der Waals surface area contributed by atoms with Gasteiger partial charge in [0.2, 0.25) is 0 Å². The van der Waals surface area contributed by atoms with Gasteiger partial charge in [0.1, 0.15) is 11.9 Å². The summed E-state index contributed by atoms with van der Waals surface area (Å²) in [5.41, 5.74) is 0.765. The molecule has 0 bridgehead atoms. The molecule has 4 heteroatoms. The molecule has 0 spiro atoms. The second-order valence-corrected chi connectivity index (χ2v) is 3.72. The lowest BCUT2D eigenvalue weighted by Gasteiger charge is -2.10. The number of rotatable bonds is 3. The van der Waals surface area contributed by atoms with Crippen molar-refractivity contribution in [3.05, 3.63) is 24.3 Å². The smallest absolute Gasteiger partial charge is 0.253 e. The van der Waals surface area contributed by atoms with Gasteiger partial charge < -0.3 is 14.8 Å². The molecular formula is C12H15NO3. The first-order chi connectivity index (χ1) is 7.79. The predicted octanol–water partition coefficient (Wildman–Crippen LogP) is 1.81. The van der Waals surface area contributed by atoms with E-state index in [-0.39, 0.29) is 12.0 Å². The third-order valence-corrected chi connectivity index (χ3v) is 2.58. The molecule has 1 aliphatic heterocycles. The number of carbonyl (C=O) groups is 1. The number of ether oxygens (including phenoxy) is 2. The maximum absolute atomic E-state index is 11.7. The van der Waals surface area contributed by atoms with Gasteiger partial charge >= 0.3 is 0 Å². The first-order valence-corrected chi connectivity index (χ1v) is 5.36. The molecule has 2 rings (SSSR count). The second kappa shape index (κ2) is 4.99. The Morgan fingerprint density at radius 2 is 2.19 bits per heavy atom. The average molecular weight is 221 g/mol. The molecule has 0 saturated carbocycles. The normalized spacial score (nSPS) is 19.4. The Morgan fingerprint density at radius 3 is 2.75 bits per heavy atom. The van der Waals surface area contributed by atoms with Crippen LogP contribution in [0.25, 0.3) is 0 Å². The molecule has 1 aromatic carbocycles. The van der Waals surface area contributed by atoms with E-state index in [0.717, 1.165) is 24.3 Å². The van der Waals surface area contributed by atoms with E-state index in [9.17, 15) is 4.79 Å². The summed E-state index contributed by atoms with van der Waals surface area (Å²) in [4.78, 5) is 11.7. The molecular weight excluding hydrogens is 206 g/mol. The number of nitrogens with one attached hydrogen (secondary N) is 1. The van der Waals surface area contributed by atoms with Crippen LogP contribution in [0.15, 0.2) is 24.3 Å². The molecule has 1 amide bonds. The fourth-order valence-electron chi connectivity index (χ4n) is 1.68. The van der Waals surface area contributed by atoms with E-state index in [4.69, 9.17) is 9.47 Å². The fraction of sp³-hybridized carbons (Fsp3) is 0.417. The van der Waals surface area contributed by atoms with Crippen molar-refractivity contribution in [1.29, 1.82) is 0 Å². The maximum Gasteiger partial charge on any atom is 0.253 e. The molecule has 1 aliphatic rings. The van der Waals surface area contributed by atoms with E-state index in [2.05, 4.69) is 5.32 Å². The summed E-state index contributed by atoms with van der Waals surface area (Å²) >= 11 is 0. The number of benzene rings is 1. The van der Waals surface area contributed by atoms with Crippen LogP contribution in [-0.2, 0) is 9.53 Å². The minimum Gasteiger partial charge on any atom is -0.497 e. The Bertz CT molecular complexity index is 355. The van der Waals surface area contributed by atoms with Crippen LogP contribution in [0.5, 0.6) is 5.75 Å². The SMILES string of the molecule is COc1ccc(NC(=O)[C@H]2CCCO2)cc1. The molecule has 1 atom stereocenters.